The molecule has 0 bridgehead atoms. The molecule has 2 saturated heterocycles. The predicted molar refractivity (Wildman–Crippen MR) is 97.7 cm³/mol. The molecule has 1 aromatic carbocycles. The molecule has 10 heteroatoms. The lowest BCUT2D eigenvalue weighted by Crippen LogP contribution is -2.57. The van der Waals surface area contributed by atoms with Crippen LogP contribution in [0.1, 0.15) is 23.2 Å². The van der Waals surface area contributed by atoms with Gasteiger partial charge in [-0.2, -0.15) is 4.68 Å². The molecule has 4 rings (SSSR count). The summed E-state index contributed by atoms with van der Waals surface area (Å²) in [6, 6.07) is 5.12. The van der Waals surface area contributed by atoms with Gasteiger partial charge in [0.05, 0.1) is 17.8 Å². The number of aromatic nitrogens is 4. The van der Waals surface area contributed by atoms with Gasteiger partial charge in [0.1, 0.15) is 6.33 Å². The first kappa shape index (κ1) is 17.9. The highest BCUT2D eigenvalue weighted by atomic mass is 35.5. The topological polar surface area (TPSA) is 96.2 Å². The molecule has 0 radical (unpaired) electrons. The molecule has 142 valence electrons. The highest BCUT2D eigenvalue weighted by molar-refractivity contribution is 6.31. The van der Waals surface area contributed by atoms with Crippen molar-refractivity contribution in [2.75, 3.05) is 32.7 Å². The number of hydrogen-bond donors (Lipinski definition) is 1. The molecule has 27 heavy (non-hydrogen) atoms. The highest BCUT2D eigenvalue weighted by Crippen LogP contribution is 2.24. The molecule has 2 amide bonds. The van der Waals surface area contributed by atoms with Crippen LogP contribution in [0.4, 0.5) is 0 Å². The average Bonchev–Trinajstić information content (AvgIpc) is 3.22. The summed E-state index contributed by atoms with van der Waals surface area (Å²) in [4.78, 5) is 29.2. The van der Waals surface area contributed by atoms with Gasteiger partial charge in [-0.05, 0) is 41.5 Å². The van der Waals surface area contributed by atoms with E-state index >= 15 is 0 Å². The smallest absolute Gasteiger partial charge is 0.256 e. The van der Waals surface area contributed by atoms with E-state index in [4.69, 9.17) is 11.6 Å². The summed E-state index contributed by atoms with van der Waals surface area (Å²) >= 11 is 6.14. The lowest BCUT2D eigenvalue weighted by atomic mass is 10.0. The van der Waals surface area contributed by atoms with Crippen LogP contribution in [0.15, 0.2) is 24.5 Å². The number of nitrogens with one attached hydrogen (secondary N) is 1. The van der Waals surface area contributed by atoms with Gasteiger partial charge in [0.15, 0.2) is 0 Å². The molecular formula is C17H20ClN7O2. The average molecular weight is 390 g/mol. The number of nitrogens with zero attached hydrogens (tertiary/aromatic N) is 6. The van der Waals surface area contributed by atoms with Crippen LogP contribution in [0.25, 0.3) is 5.69 Å². The first-order valence-electron chi connectivity index (χ1n) is 8.96. The number of amides is 2. The summed E-state index contributed by atoms with van der Waals surface area (Å²) in [6.45, 7) is 3.00. The number of halogens is 1. The van der Waals surface area contributed by atoms with Gasteiger partial charge in [-0.15, -0.1) is 5.10 Å². The Kier molecular flexibility index (Phi) is 5.04. The van der Waals surface area contributed by atoms with Crippen molar-refractivity contribution < 1.29 is 9.59 Å². The van der Waals surface area contributed by atoms with Crippen LogP contribution in [0.3, 0.4) is 0 Å². The van der Waals surface area contributed by atoms with Crippen molar-refractivity contribution in [1.29, 1.82) is 0 Å². The Hall–Kier alpha value is -2.52. The summed E-state index contributed by atoms with van der Waals surface area (Å²) < 4.78 is 1.45. The van der Waals surface area contributed by atoms with Gasteiger partial charge in [0.25, 0.3) is 5.91 Å². The molecule has 2 aromatic rings. The van der Waals surface area contributed by atoms with E-state index in [1.165, 1.54) is 11.0 Å². The van der Waals surface area contributed by atoms with Crippen molar-refractivity contribution in [2.24, 2.45) is 0 Å². The number of benzene rings is 1. The monoisotopic (exact) mass is 389 g/mol. The number of likely N-dealkylation sites (tertiary alicyclic amines) is 1. The fraction of sp³-hybridized carbons (Fsp3) is 0.471. The Balaban J connectivity index is 1.57. The molecule has 3 heterocycles. The quantitative estimate of drug-likeness (QED) is 0.813. The van der Waals surface area contributed by atoms with Gasteiger partial charge < -0.3 is 15.1 Å². The maximum Gasteiger partial charge on any atom is 0.256 e. The van der Waals surface area contributed by atoms with Crippen LogP contribution in [0.2, 0.25) is 5.02 Å². The Morgan fingerprint density at radius 3 is 2.96 bits per heavy atom. The van der Waals surface area contributed by atoms with Gasteiger partial charge in [0.2, 0.25) is 5.91 Å². The molecule has 2 aliphatic heterocycles. The predicted octanol–water partition coefficient (Wildman–Crippen LogP) is 0.352. The second-order valence-electron chi connectivity index (χ2n) is 6.73. The van der Waals surface area contributed by atoms with Crippen LogP contribution in [-0.2, 0) is 4.79 Å². The van der Waals surface area contributed by atoms with E-state index in [2.05, 4.69) is 20.8 Å². The molecule has 1 N–H and O–H groups in total. The summed E-state index contributed by atoms with van der Waals surface area (Å²) in [5.74, 6) is -0.0343. The van der Waals surface area contributed by atoms with E-state index < -0.39 is 0 Å². The minimum atomic E-state index is -0.129. The van der Waals surface area contributed by atoms with Gasteiger partial charge in [0, 0.05) is 37.2 Å². The number of rotatable bonds is 3. The van der Waals surface area contributed by atoms with Crippen molar-refractivity contribution in [3.05, 3.63) is 35.1 Å². The third-order valence-corrected chi connectivity index (χ3v) is 5.27. The lowest BCUT2D eigenvalue weighted by Gasteiger charge is -2.41. The maximum atomic E-state index is 13.2. The Bertz CT molecular complexity index is 842. The second kappa shape index (κ2) is 7.61. The normalized spacial score (nSPS) is 20.8. The van der Waals surface area contributed by atoms with E-state index in [1.54, 1.807) is 23.1 Å². The van der Waals surface area contributed by atoms with Crippen molar-refractivity contribution >= 4 is 23.4 Å². The summed E-state index contributed by atoms with van der Waals surface area (Å²) in [7, 11) is 0. The third-order valence-electron chi connectivity index (χ3n) is 5.04. The number of carbonyl (C=O) groups is 2. The number of piperazine rings is 1. The van der Waals surface area contributed by atoms with Crippen molar-refractivity contribution in [1.82, 2.24) is 35.3 Å². The van der Waals surface area contributed by atoms with Crippen LogP contribution >= 0.6 is 11.6 Å². The van der Waals surface area contributed by atoms with Crippen molar-refractivity contribution in [3.63, 3.8) is 0 Å². The molecule has 0 aliphatic carbocycles. The van der Waals surface area contributed by atoms with Crippen LogP contribution < -0.4 is 5.32 Å². The fourth-order valence-corrected chi connectivity index (χ4v) is 3.89. The zero-order valence-electron chi connectivity index (χ0n) is 14.7. The first-order valence-corrected chi connectivity index (χ1v) is 9.33. The molecule has 1 unspecified atom stereocenters. The molecular weight excluding hydrogens is 370 g/mol. The molecule has 0 spiro atoms. The van der Waals surface area contributed by atoms with E-state index in [0.717, 1.165) is 19.4 Å². The van der Waals surface area contributed by atoms with Crippen LogP contribution in [-0.4, -0.2) is 80.6 Å². The Morgan fingerprint density at radius 2 is 2.19 bits per heavy atom. The fourth-order valence-electron chi connectivity index (χ4n) is 3.72. The molecule has 9 nitrogen and oxygen atoms in total. The number of hydrogen-bond acceptors (Lipinski definition) is 6. The summed E-state index contributed by atoms with van der Waals surface area (Å²) in [5, 5.41) is 14.7. The Labute approximate surface area is 161 Å². The Morgan fingerprint density at radius 1 is 1.30 bits per heavy atom. The van der Waals surface area contributed by atoms with Crippen molar-refractivity contribution in [3.8, 4) is 5.69 Å². The van der Waals surface area contributed by atoms with Crippen LogP contribution in [0.5, 0.6) is 0 Å². The van der Waals surface area contributed by atoms with E-state index in [9.17, 15) is 9.59 Å². The van der Waals surface area contributed by atoms with Gasteiger partial charge >= 0.3 is 0 Å². The first-order chi connectivity index (χ1) is 13.1. The number of tetrazole rings is 1. The van der Waals surface area contributed by atoms with Crippen molar-refractivity contribution in [2.45, 2.75) is 18.9 Å². The SMILES string of the molecule is O=C(c1cc(Cl)ccc1-n1cnnn1)N1CCCC(N2CCNCC2=O)C1. The van der Waals surface area contributed by atoms with E-state index in [-0.39, 0.29) is 17.9 Å². The molecule has 2 aliphatic rings. The minimum absolute atomic E-state index is 0.0490. The van der Waals surface area contributed by atoms with E-state index in [1.807, 2.05) is 4.90 Å². The van der Waals surface area contributed by atoms with E-state index in [0.29, 0.717) is 42.5 Å². The molecule has 1 atom stereocenters. The molecule has 1 aromatic heterocycles. The van der Waals surface area contributed by atoms with Gasteiger partial charge in [-0.1, -0.05) is 11.6 Å². The summed E-state index contributed by atoms with van der Waals surface area (Å²) in [5.41, 5.74) is 1.02. The zero-order valence-corrected chi connectivity index (χ0v) is 15.5. The van der Waals surface area contributed by atoms with Gasteiger partial charge in [-0.25, -0.2) is 0 Å². The standard InChI is InChI=1S/C17H20ClN7O2/c18-12-3-4-15(25-11-20-21-22-25)14(8-12)17(27)23-6-1-2-13(10-23)24-7-5-19-9-16(24)26/h3-4,8,11,13,19H,1-2,5-7,9-10H2. The second-order valence-corrected chi connectivity index (χ2v) is 7.16. The number of carbonyl (C=O) groups excluding carboxylic acids is 2. The third kappa shape index (κ3) is 3.65. The maximum absolute atomic E-state index is 13.2. The summed E-state index contributed by atoms with van der Waals surface area (Å²) in [6.07, 6.45) is 3.21. The largest absolute Gasteiger partial charge is 0.337 e. The minimum Gasteiger partial charge on any atom is -0.337 e. The van der Waals surface area contributed by atoms with Gasteiger partial charge in [-0.3, -0.25) is 9.59 Å². The highest BCUT2D eigenvalue weighted by Gasteiger charge is 2.32. The molecule has 2 fully saturated rings. The zero-order chi connectivity index (χ0) is 18.8. The lowest BCUT2D eigenvalue weighted by molar-refractivity contribution is -0.135. The number of piperidine rings is 1. The molecule has 0 saturated carbocycles. The van der Waals surface area contributed by atoms with Crippen LogP contribution in [0, 0.1) is 0 Å².